The molecule has 0 fully saturated rings. The van der Waals surface area contributed by atoms with Crippen molar-refractivity contribution in [3.63, 3.8) is 0 Å². The molecule has 0 heterocycles. The number of hydrogen-bond donors (Lipinski definition) is 3. The van der Waals surface area contributed by atoms with E-state index >= 15 is 0 Å². The summed E-state index contributed by atoms with van der Waals surface area (Å²) in [7, 11) is -5.21. The van der Waals surface area contributed by atoms with Crippen LogP contribution in [0.5, 0.6) is 0 Å². The standard InChI is InChI=1S/C2H10O5Si2/c1-2-8-6-7-9(3,4)5/h3-5H,2,8H2,1H3. The molecule has 0 aliphatic carbocycles. The molecule has 0 unspecified atom stereocenters. The highest BCUT2D eigenvalue weighted by Crippen LogP contribution is 1.89. The molecule has 0 aliphatic heterocycles. The first-order valence-corrected chi connectivity index (χ1v) is 5.86. The third kappa shape index (κ3) is 8.23. The maximum absolute atomic E-state index is 8.17. The van der Waals surface area contributed by atoms with Crippen LogP contribution in [0.1, 0.15) is 6.92 Å². The molecule has 0 aromatic carbocycles. The Morgan fingerprint density at radius 2 is 2.00 bits per heavy atom. The van der Waals surface area contributed by atoms with Crippen molar-refractivity contribution in [3.05, 3.63) is 0 Å². The van der Waals surface area contributed by atoms with Gasteiger partial charge >= 0.3 is 9.05 Å². The highest BCUT2D eigenvalue weighted by molar-refractivity contribution is 6.48. The third-order valence-corrected chi connectivity index (χ3v) is 1.73. The Morgan fingerprint density at radius 3 is 2.33 bits per heavy atom. The van der Waals surface area contributed by atoms with Crippen LogP contribution >= 0.6 is 0 Å². The van der Waals surface area contributed by atoms with Gasteiger partial charge in [0.2, 0.25) is 9.76 Å². The smallest absolute Gasteiger partial charge is 0.366 e. The minimum atomic E-state index is -4.38. The average molecular weight is 170 g/mol. The van der Waals surface area contributed by atoms with E-state index in [0.717, 1.165) is 6.04 Å². The predicted molar refractivity (Wildman–Crippen MR) is 33.6 cm³/mol. The molecule has 0 rings (SSSR count). The normalized spacial score (nSPS) is 13.3. The fraction of sp³-hybridized carbons (Fsp3) is 1.00. The van der Waals surface area contributed by atoms with Gasteiger partial charge in [-0.25, -0.2) is 4.58 Å². The highest BCUT2D eigenvalue weighted by atomic mass is 28.4. The lowest BCUT2D eigenvalue weighted by atomic mass is 11.0. The van der Waals surface area contributed by atoms with Crippen molar-refractivity contribution in [2.24, 2.45) is 0 Å². The van der Waals surface area contributed by atoms with Crippen molar-refractivity contribution >= 4 is 18.8 Å². The van der Waals surface area contributed by atoms with Gasteiger partial charge in [0, 0.05) is 0 Å². The fourth-order valence-electron chi connectivity index (χ4n) is 0.204. The summed E-state index contributed by atoms with van der Waals surface area (Å²) in [5.41, 5.74) is 0. The van der Waals surface area contributed by atoms with Crippen molar-refractivity contribution in [3.8, 4) is 0 Å². The Hall–Kier alpha value is 0.234. The molecule has 0 aromatic rings. The van der Waals surface area contributed by atoms with Gasteiger partial charge in [0.05, 0.1) is 0 Å². The van der Waals surface area contributed by atoms with Gasteiger partial charge in [0.25, 0.3) is 0 Å². The molecule has 0 radical (unpaired) electrons. The molecular weight excluding hydrogens is 160 g/mol. The van der Waals surface area contributed by atoms with E-state index in [-0.39, 0.29) is 0 Å². The lowest BCUT2D eigenvalue weighted by molar-refractivity contribution is -0.178. The zero-order valence-corrected chi connectivity index (χ0v) is 7.49. The first-order chi connectivity index (χ1) is 4.06. The molecule has 7 heteroatoms. The summed E-state index contributed by atoms with van der Waals surface area (Å²) in [6.45, 7) is 1.88. The molecule has 0 aromatic heterocycles. The van der Waals surface area contributed by atoms with Gasteiger partial charge < -0.3 is 14.4 Å². The van der Waals surface area contributed by atoms with E-state index in [4.69, 9.17) is 14.4 Å². The summed E-state index contributed by atoms with van der Waals surface area (Å²) in [6, 6.07) is 0.824. The Kier molecular flexibility index (Phi) is 4.22. The summed E-state index contributed by atoms with van der Waals surface area (Å²) in [5, 5.41) is 0. The second-order valence-corrected chi connectivity index (χ2v) is 4.44. The number of hydrogen-bond acceptors (Lipinski definition) is 5. The molecule has 9 heavy (non-hydrogen) atoms. The van der Waals surface area contributed by atoms with Crippen LogP contribution in [-0.2, 0) is 9.15 Å². The fourth-order valence-corrected chi connectivity index (χ4v) is 1.34. The summed E-state index contributed by atoms with van der Waals surface area (Å²) in [6.07, 6.45) is 0. The molecular formula is C2H10O5Si2. The van der Waals surface area contributed by atoms with Gasteiger partial charge in [-0.2, -0.15) is 0 Å². The van der Waals surface area contributed by atoms with Crippen molar-refractivity contribution in [2.75, 3.05) is 0 Å². The van der Waals surface area contributed by atoms with Crippen LogP contribution in [0.25, 0.3) is 0 Å². The quantitative estimate of drug-likeness (QED) is 0.194. The Bertz CT molecular complexity index is 69.8. The monoisotopic (exact) mass is 170 g/mol. The molecule has 0 spiro atoms. The highest BCUT2D eigenvalue weighted by Gasteiger charge is 2.32. The van der Waals surface area contributed by atoms with Crippen LogP contribution in [-0.4, -0.2) is 33.2 Å². The van der Waals surface area contributed by atoms with Gasteiger partial charge in [-0.1, -0.05) is 6.92 Å². The molecule has 0 bridgehead atoms. The molecule has 0 saturated heterocycles. The van der Waals surface area contributed by atoms with Crippen LogP contribution in [0.4, 0.5) is 0 Å². The lowest BCUT2D eigenvalue weighted by Gasteiger charge is -2.07. The molecule has 0 amide bonds. The van der Waals surface area contributed by atoms with Gasteiger partial charge in [0.1, 0.15) is 0 Å². The Morgan fingerprint density at radius 1 is 1.44 bits per heavy atom. The molecule has 56 valence electrons. The molecule has 5 nitrogen and oxygen atoms in total. The van der Waals surface area contributed by atoms with E-state index in [9.17, 15) is 0 Å². The van der Waals surface area contributed by atoms with Crippen LogP contribution in [0.2, 0.25) is 6.04 Å². The van der Waals surface area contributed by atoms with E-state index < -0.39 is 18.8 Å². The van der Waals surface area contributed by atoms with Crippen molar-refractivity contribution in [2.45, 2.75) is 13.0 Å². The summed E-state index contributed by atoms with van der Waals surface area (Å²) < 4.78 is 8.13. The van der Waals surface area contributed by atoms with Gasteiger partial charge in [-0.15, -0.1) is 0 Å². The SMILES string of the molecule is CC[SiH2]OO[Si](O)(O)O. The van der Waals surface area contributed by atoms with Crippen LogP contribution < -0.4 is 0 Å². The van der Waals surface area contributed by atoms with Crippen LogP contribution in [0, 0.1) is 0 Å². The predicted octanol–water partition coefficient (Wildman–Crippen LogP) is -2.13. The first-order valence-electron chi connectivity index (χ1n) is 2.54. The Balaban J connectivity index is 3.07. The van der Waals surface area contributed by atoms with Crippen LogP contribution in [0.3, 0.4) is 0 Å². The zero-order valence-electron chi connectivity index (χ0n) is 5.07. The third-order valence-electron chi connectivity index (χ3n) is 0.458. The molecule has 0 atom stereocenters. The lowest BCUT2D eigenvalue weighted by Crippen LogP contribution is -2.39. The van der Waals surface area contributed by atoms with Gasteiger partial charge in [-0.05, 0) is 6.04 Å². The van der Waals surface area contributed by atoms with Gasteiger partial charge in [-0.3, -0.25) is 4.58 Å². The van der Waals surface area contributed by atoms with Crippen molar-refractivity contribution < 1.29 is 23.5 Å². The second kappa shape index (κ2) is 4.11. The van der Waals surface area contributed by atoms with E-state index in [2.05, 4.69) is 9.15 Å². The largest absolute Gasteiger partial charge is 0.698 e. The maximum atomic E-state index is 8.17. The second-order valence-electron chi connectivity index (χ2n) is 1.48. The molecule has 0 saturated carbocycles. The average Bonchev–Trinajstić information content (AvgIpc) is 1.63. The van der Waals surface area contributed by atoms with Crippen LogP contribution in [0.15, 0.2) is 0 Å². The molecule has 0 aliphatic rings. The topological polar surface area (TPSA) is 79.2 Å². The van der Waals surface area contributed by atoms with Crippen molar-refractivity contribution in [1.29, 1.82) is 0 Å². The van der Waals surface area contributed by atoms with Gasteiger partial charge in [0.15, 0.2) is 0 Å². The van der Waals surface area contributed by atoms with Crippen molar-refractivity contribution in [1.82, 2.24) is 0 Å². The minimum Gasteiger partial charge on any atom is -0.366 e. The van der Waals surface area contributed by atoms with E-state index in [1.165, 1.54) is 0 Å². The summed E-state index contributed by atoms with van der Waals surface area (Å²) >= 11 is 0. The first kappa shape index (κ1) is 9.23. The van der Waals surface area contributed by atoms with E-state index in [1.54, 1.807) is 0 Å². The summed E-state index contributed by atoms with van der Waals surface area (Å²) in [5.74, 6) is 0. The Labute approximate surface area is 56.2 Å². The maximum Gasteiger partial charge on any atom is 0.698 e. The summed E-state index contributed by atoms with van der Waals surface area (Å²) in [4.78, 5) is 24.5. The minimum absolute atomic E-state index is 0.824. The number of rotatable bonds is 4. The van der Waals surface area contributed by atoms with E-state index in [1.807, 2.05) is 6.92 Å². The zero-order chi connectivity index (χ0) is 7.33. The molecule has 3 N–H and O–H groups in total. The van der Waals surface area contributed by atoms with E-state index in [0.29, 0.717) is 0 Å².